The van der Waals surface area contributed by atoms with Gasteiger partial charge in [-0.15, -0.1) is 0 Å². The van der Waals surface area contributed by atoms with Crippen LogP contribution in [0.5, 0.6) is 0 Å². The molecule has 0 aliphatic carbocycles. The van der Waals surface area contributed by atoms with Gasteiger partial charge in [0.05, 0.1) is 0 Å². The summed E-state index contributed by atoms with van der Waals surface area (Å²) in [6.45, 7) is 1.65. The lowest BCUT2D eigenvalue weighted by Gasteiger charge is -2.30. The largest absolute Gasteiger partial charge is 0.396 e. The summed E-state index contributed by atoms with van der Waals surface area (Å²) in [6, 6.07) is 3.51. The lowest BCUT2D eigenvalue weighted by Crippen LogP contribution is -2.38. The van der Waals surface area contributed by atoms with Gasteiger partial charge in [-0.2, -0.15) is 0 Å². The molecule has 19 heavy (non-hydrogen) atoms. The molecule has 1 aliphatic rings. The number of halogens is 1. The third-order valence-corrected chi connectivity index (χ3v) is 3.58. The predicted octanol–water partition coefficient (Wildman–Crippen LogP) is 1.98. The summed E-state index contributed by atoms with van der Waals surface area (Å²) >= 11 is 5.69. The van der Waals surface area contributed by atoms with Gasteiger partial charge in [-0.3, -0.25) is 4.79 Å². The highest BCUT2D eigenvalue weighted by molar-refractivity contribution is 6.29. The van der Waals surface area contributed by atoms with Crippen molar-refractivity contribution in [3.05, 3.63) is 35.1 Å². The Morgan fingerprint density at radius 3 is 2.79 bits per heavy atom. The molecule has 1 fully saturated rings. The molecule has 1 aromatic heterocycles. The molecule has 5 heteroatoms. The molecule has 2 rings (SSSR count). The number of hydrogen-bond acceptors (Lipinski definition) is 3. The SMILES string of the molecule is O=C(/C=C/c1ccc(Cl)nc1)N1CCC(CO)CC1. The van der Waals surface area contributed by atoms with E-state index in [2.05, 4.69) is 4.98 Å². The van der Waals surface area contributed by atoms with Gasteiger partial charge in [-0.05, 0) is 36.5 Å². The molecule has 1 aliphatic heterocycles. The van der Waals surface area contributed by atoms with Gasteiger partial charge in [0.1, 0.15) is 5.15 Å². The minimum Gasteiger partial charge on any atom is -0.396 e. The number of hydrogen-bond donors (Lipinski definition) is 1. The Morgan fingerprint density at radius 2 is 2.21 bits per heavy atom. The first-order valence-corrected chi connectivity index (χ1v) is 6.76. The van der Waals surface area contributed by atoms with Crippen LogP contribution in [0.15, 0.2) is 24.4 Å². The molecule has 1 saturated heterocycles. The Morgan fingerprint density at radius 1 is 1.47 bits per heavy atom. The first-order chi connectivity index (χ1) is 9.19. The maximum atomic E-state index is 12.0. The standard InChI is InChI=1S/C14H17ClN2O2/c15-13-3-1-11(9-16-13)2-4-14(19)17-7-5-12(10-18)6-8-17/h1-4,9,12,18H,5-8,10H2/b4-2+. The number of aliphatic hydroxyl groups is 1. The quantitative estimate of drug-likeness (QED) is 0.680. The van der Waals surface area contributed by atoms with E-state index in [1.807, 2.05) is 11.0 Å². The van der Waals surface area contributed by atoms with Gasteiger partial charge < -0.3 is 10.0 Å². The number of aromatic nitrogens is 1. The molecule has 0 atom stereocenters. The first-order valence-electron chi connectivity index (χ1n) is 6.38. The number of likely N-dealkylation sites (tertiary alicyclic amines) is 1. The average molecular weight is 281 g/mol. The van der Waals surface area contributed by atoms with Crippen molar-refractivity contribution in [2.75, 3.05) is 19.7 Å². The van der Waals surface area contributed by atoms with Gasteiger partial charge >= 0.3 is 0 Å². The number of nitrogens with zero attached hydrogens (tertiary/aromatic N) is 2. The van der Waals surface area contributed by atoms with Crippen molar-refractivity contribution in [1.82, 2.24) is 9.88 Å². The van der Waals surface area contributed by atoms with Crippen LogP contribution in [0.2, 0.25) is 5.15 Å². The topological polar surface area (TPSA) is 53.4 Å². The van der Waals surface area contributed by atoms with E-state index < -0.39 is 0 Å². The minimum absolute atomic E-state index is 0.00587. The zero-order valence-corrected chi connectivity index (χ0v) is 11.4. The average Bonchev–Trinajstić information content (AvgIpc) is 2.46. The highest BCUT2D eigenvalue weighted by Crippen LogP contribution is 2.16. The molecule has 4 nitrogen and oxygen atoms in total. The molecule has 1 aromatic rings. The van der Waals surface area contributed by atoms with Crippen molar-refractivity contribution < 1.29 is 9.90 Å². The number of aliphatic hydroxyl groups excluding tert-OH is 1. The third-order valence-electron chi connectivity index (χ3n) is 3.35. The van der Waals surface area contributed by atoms with Crippen LogP contribution in [0.1, 0.15) is 18.4 Å². The summed E-state index contributed by atoms with van der Waals surface area (Å²) in [7, 11) is 0. The van der Waals surface area contributed by atoms with E-state index in [4.69, 9.17) is 16.7 Å². The van der Waals surface area contributed by atoms with Crippen LogP contribution in [0, 0.1) is 5.92 Å². The van der Waals surface area contributed by atoms with Crippen molar-refractivity contribution in [2.45, 2.75) is 12.8 Å². The van der Waals surface area contributed by atoms with Crippen LogP contribution < -0.4 is 0 Å². The molecular weight excluding hydrogens is 264 g/mol. The second-order valence-electron chi connectivity index (χ2n) is 4.70. The third kappa shape index (κ3) is 4.04. The van der Waals surface area contributed by atoms with Gasteiger partial charge in [0.25, 0.3) is 0 Å². The molecule has 0 saturated carbocycles. The molecule has 1 amide bonds. The highest BCUT2D eigenvalue weighted by atomic mass is 35.5. The van der Waals surface area contributed by atoms with Crippen LogP contribution in [0.3, 0.4) is 0 Å². The lowest BCUT2D eigenvalue weighted by atomic mass is 9.98. The van der Waals surface area contributed by atoms with Gasteiger partial charge in [-0.1, -0.05) is 17.7 Å². The number of carbonyl (C=O) groups is 1. The van der Waals surface area contributed by atoms with E-state index in [1.165, 1.54) is 0 Å². The summed E-state index contributed by atoms with van der Waals surface area (Å²) in [5, 5.41) is 9.49. The zero-order chi connectivity index (χ0) is 13.7. The highest BCUT2D eigenvalue weighted by Gasteiger charge is 2.20. The van der Waals surface area contributed by atoms with Gasteiger partial charge in [0.15, 0.2) is 0 Å². The van der Waals surface area contributed by atoms with E-state index >= 15 is 0 Å². The number of piperidine rings is 1. The molecule has 0 spiro atoms. The monoisotopic (exact) mass is 280 g/mol. The van der Waals surface area contributed by atoms with Crippen molar-refractivity contribution in [3.8, 4) is 0 Å². The molecule has 2 heterocycles. The molecule has 0 bridgehead atoms. The van der Waals surface area contributed by atoms with Gasteiger partial charge in [0.2, 0.25) is 5.91 Å². The Kier molecular flexibility index (Phi) is 4.93. The van der Waals surface area contributed by atoms with Crippen molar-refractivity contribution in [2.24, 2.45) is 5.92 Å². The summed E-state index contributed by atoms with van der Waals surface area (Å²) in [5.41, 5.74) is 0.850. The molecule has 0 aromatic carbocycles. The molecule has 0 unspecified atom stereocenters. The van der Waals surface area contributed by atoms with Crippen molar-refractivity contribution >= 4 is 23.6 Å². The first kappa shape index (κ1) is 14.0. The van der Waals surface area contributed by atoms with Crippen LogP contribution in [0.4, 0.5) is 0 Å². The number of carbonyl (C=O) groups excluding carboxylic acids is 1. The van der Waals surface area contributed by atoms with Gasteiger partial charge in [-0.25, -0.2) is 4.98 Å². The fraction of sp³-hybridized carbons (Fsp3) is 0.429. The van der Waals surface area contributed by atoms with Crippen LogP contribution in [-0.4, -0.2) is 40.6 Å². The lowest BCUT2D eigenvalue weighted by molar-refractivity contribution is -0.127. The number of amides is 1. The Labute approximate surface area is 117 Å². The van der Waals surface area contributed by atoms with E-state index in [0.29, 0.717) is 24.2 Å². The Hall–Kier alpha value is -1.39. The molecule has 102 valence electrons. The van der Waals surface area contributed by atoms with Gasteiger partial charge in [0, 0.05) is 32.0 Å². The molecule has 0 radical (unpaired) electrons. The maximum absolute atomic E-state index is 12.0. The summed E-state index contributed by atoms with van der Waals surface area (Å²) in [6.07, 6.45) is 6.68. The van der Waals surface area contributed by atoms with Crippen LogP contribution >= 0.6 is 11.6 Å². The predicted molar refractivity (Wildman–Crippen MR) is 74.7 cm³/mol. The van der Waals surface area contributed by atoms with Crippen LogP contribution in [-0.2, 0) is 4.79 Å². The summed E-state index contributed by atoms with van der Waals surface area (Å²) in [4.78, 5) is 17.7. The van der Waals surface area contributed by atoms with E-state index in [-0.39, 0.29) is 12.5 Å². The van der Waals surface area contributed by atoms with Crippen molar-refractivity contribution in [1.29, 1.82) is 0 Å². The second-order valence-corrected chi connectivity index (χ2v) is 5.09. The summed E-state index contributed by atoms with van der Waals surface area (Å²) in [5.74, 6) is 0.347. The Bertz CT molecular complexity index is 451. The number of pyridine rings is 1. The smallest absolute Gasteiger partial charge is 0.246 e. The fourth-order valence-corrected chi connectivity index (χ4v) is 2.21. The summed E-state index contributed by atoms with van der Waals surface area (Å²) < 4.78 is 0. The maximum Gasteiger partial charge on any atom is 0.246 e. The second kappa shape index (κ2) is 6.68. The normalized spacial score (nSPS) is 17.1. The minimum atomic E-state index is 0.00587. The van der Waals surface area contributed by atoms with E-state index in [0.717, 1.165) is 18.4 Å². The fourth-order valence-electron chi connectivity index (χ4n) is 2.09. The van der Waals surface area contributed by atoms with E-state index in [1.54, 1.807) is 24.4 Å². The molecular formula is C14H17ClN2O2. The molecule has 1 N–H and O–H groups in total. The van der Waals surface area contributed by atoms with Crippen LogP contribution in [0.25, 0.3) is 6.08 Å². The zero-order valence-electron chi connectivity index (χ0n) is 10.6. The van der Waals surface area contributed by atoms with Crippen molar-refractivity contribution in [3.63, 3.8) is 0 Å². The number of rotatable bonds is 3. The van der Waals surface area contributed by atoms with E-state index in [9.17, 15) is 4.79 Å². The Balaban J connectivity index is 1.89.